The molecule has 0 saturated carbocycles. The molecule has 0 radical (unpaired) electrons. The Morgan fingerprint density at radius 2 is 2.05 bits per heavy atom. The Balaban J connectivity index is 2.13. The maximum atomic E-state index is 8.93. The number of halogens is 1. The van der Waals surface area contributed by atoms with E-state index in [0.29, 0.717) is 17.1 Å². The summed E-state index contributed by atoms with van der Waals surface area (Å²) in [6.45, 7) is 0.622. The highest BCUT2D eigenvalue weighted by atomic mass is 35.5. The lowest BCUT2D eigenvalue weighted by Crippen LogP contribution is -2.01. The molecular formula is C15H13ClN2O. The van der Waals surface area contributed by atoms with Crippen LogP contribution >= 0.6 is 11.6 Å². The Hall–Kier alpha value is -2.18. The topological polar surface area (TPSA) is 45.0 Å². The van der Waals surface area contributed by atoms with E-state index in [9.17, 15) is 0 Å². The summed E-state index contributed by atoms with van der Waals surface area (Å²) < 4.78 is 5.28. The molecule has 0 unspecified atom stereocenters. The van der Waals surface area contributed by atoms with Crippen LogP contribution in [0, 0.1) is 11.3 Å². The maximum absolute atomic E-state index is 8.93. The number of hydrogen-bond acceptors (Lipinski definition) is 3. The molecule has 2 aromatic carbocycles. The summed E-state index contributed by atoms with van der Waals surface area (Å²) in [5.74, 6) is 0.837. The van der Waals surface area contributed by atoms with Gasteiger partial charge in [0.25, 0.3) is 0 Å². The molecule has 0 aliphatic rings. The Morgan fingerprint density at radius 3 is 2.79 bits per heavy atom. The molecule has 2 rings (SSSR count). The van der Waals surface area contributed by atoms with Crippen LogP contribution in [0.3, 0.4) is 0 Å². The van der Waals surface area contributed by atoms with E-state index in [-0.39, 0.29) is 0 Å². The van der Waals surface area contributed by atoms with Crippen LogP contribution in [-0.2, 0) is 6.54 Å². The van der Waals surface area contributed by atoms with Gasteiger partial charge in [-0.2, -0.15) is 5.26 Å². The summed E-state index contributed by atoms with van der Waals surface area (Å²) >= 11 is 5.89. The van der Waals surface area contributed by atoms with Gasteiger partial charge in [-0.1, -0.05) is 29.8 Å². The predicted molar refractivity (Wildman–Crippen MR) is 76.5 cm³/mol. The van der Waals surface area contributed by atoms with E-state index < -0.39 is 0 Å². The zero-order chi connectivity index (χ0) is 13.7. The van der Waals surface area contributed by atoms with Gasteiger partial charge >= 0.3 is 0 Å². The van der Waals surface area contributed by atoms with E-state index in [0.717, 1.165) is 17.0 Å². The van der Waals surface area contributed by atoms with Gasteiger partial charge in [-0.05, 0) is 24.3 Å². The average molecular weight is 273 g/mol. The third kappa shape index (κ3) is 3.18. The number of para-hydroxylation sites is 1. The second-order valence-electron chi connectivity index (χ2n) is 3.97. The monoisotopic (exact) mass is 272 g/mol. The lowest BCUT2D eigenvalue weighted by Gasteiger charge is -2.10. The van der Waals surface area contributed by atoms with Gasteiger partial charge < -0.3 is 10.1 Å². The van der Waals surface area contributed by atoms with Gasteiger partial charge in [-0.15, -0.1) is 0 Å². The van der Waals surface area contributed by atoms with Gasteiger partial charge in [0.15, 0.2) is 0 Å². The Labute approximate surface area is 117 Å². The zero-order valence-corrected chi connectivity index (χ0v) is 11.2. The first-order valence-corrected chi connectivity index (χ1v) is 6.18. The molecule has 0 fully saturated rings. The fourth-order valence-electron chi connectivity index (χ4n) is 1.77. The van der Waals surface area contributed by atoms with Crippen LogP contribution in [0.5, 0.6) is 5.75 Å². The number of nitrogens with one attached hydrogen (secondary N) is 1. The van der Waals surface area contributed by atoms with Crippen molar-refractivity contribution in [3.63, 3.8) is 0 Å². The second-order valence-corrected chi connectivity index (χ2v) is 4.38. The average Bonchev–Trinajstić information content (AvgIpc) is 2.46. The van der Waals surface area contributed by atoms with Crippen molar-refractivity contribution in [2.45, 2.75) is 6.54 Å². The van der Waals surface area contributed by atoms with Crippen molar-refractivity contribution < 1.29 is 4.74 Å². The lowest BCUT2D eigenvalue weighted by atomic mass is 10.2. The molecule has 0 aliphatic heterocycles. The number of hydrogen-bond donors (Lipinski definition) is 1. The Bertz CT molecular complexity index is 620. The third-order valence-corrected chi connectivity index (χ3v) is 3.09. The number of benzene rings is 2. The summed E-state index contributed by atoms with van der Waals surface area (Å²) in [5, 5.41) is 12.6. The standard InChI is InChI=1S/C15H13ClN2O/c1-19-15-5-3-2-4-11(15)10-18-13-6-7-14(16)12(8-13)9-17/h2-8,18H,10H2,1H3. The van der Waals surface area contributed by atoms with E-state index in [1.807, 2.05) is 30.3 Å². The highest BCUT2D eigenvalue weighted by Crippen LogP contribution is 2.22. The fraction of sp³-hybridized carbons (Fsp3) is 0.133. The first-order valence-electron chi connectivity index (χ1n) is 5.80. The van der Waals surface area contributed by atoms with Crippen LogP contribution in [0.4, 0.5) is 5.69 Å². The molecule has 0 heterocycles. The third-order valence-electron chi connectivity index (χ3n) is 2.76. The van der Waals surface area contributed by atoms with Crippen molar-refractivity contribution in [1.82, 2.24) is 0 Å². The quantitative estimate of drug-likeness (QED) is 0.920. The molecule has 0 amide bonds. The van der Waals surface area contributed by atoms with Gasteiger partial charge in [0, 0.05) is 17.8 Å². The molecule has 4 heteroatoms. The second kappa shape index (κ2) is 6.12. The van der Waals surface area contributed by atoms with Crippen molar-refractivity contribution in [2.24, 2.45) is 0 Å². The molecule has 0 aliphatic carbocycles. The van der Waals surface area contributed by atoms with Gasteiger partial charge in [0.1, 0.15) is 11.8 Å². The van der Waals surface area contributed by atoms with Crippen molar-refractivity contribution in [1.29, 1.82) is 5.26 Å². The lowest BCUT2D eigenvalue weighted by molar-refractivity contribution is 0.410. The minimum atomic E-state index is 0.463. The maximum Gasteiger partial charge on any atom is 0.123 e. The predicted octanol–water partition coefficient (Wildman–Crippen LogP) is 3.83. The zero-order valence-electron chi connectivity index (χ0n) is 10.5. The minimum absolute atomic E-state index is 0.463. The first-order chi connectivity index (χ1) is 9.24. The number of rotatable bonds is 4. The molecule has 1 N–H and O–H groups in total. The fourth-order valence-corrected chi connectivity index (χ4v) is 1.93. The molecule has 19 heavy (non-hydrogen) atoms. The van der Waals surface area contributed by atoms with Gasteiger partial charge in [0.2, 0.25) is 0 Å². The number of nitrogens with zero attached hydrogens (tertiary/aromatic N) is 1. The van der Waals surface area contributed by atoms with Gasteiger partial charge in [-0.25, -0.2) is 0 Å². The van der Waals surface area contributed by atoms with Crippen LogP contribution < -0.4 is 10.1 Å². The van der Waals surface area contributed by atoms with Gasteiger partial charge in [-0.3, -0.25) is 0 Å². The minimum Gasteiger partial charge on any atom is -0.496 e. The largest absolute Gasteiger partial charge is 0.496 e. The molecule has 0 aromatic heterocycles. The Kier molecular flexibility index (Phi) is 4.27. The van der Waals surface area contributed by atoms with Crippen LogP contribution in [0.1, 0.15) is 11.1 Å². The van der Waals surface area contributed by atoms with Crippen LogP contribution in [0.25, 0.3) is 0 Å². The number of ether oxygens (including phenoxy) is 1. The molecule has 2 aromatic rings. The summed E-state index contributed by atoms with van der Waals surface area (Å²) in [7, 11) is 1.65. The van der Waals surface area contributed by atoms with Crippen LogP contribution in [0.2, 0.25) is 5.02 Å². The molecule has 0 atom stereocenters. The molecular weight excluding hydrogens is 260 g/mol. The molecule has 0 saturated heterocycles. The van der Waals surface area contributed by atoms with Crippen molar-refractivity contribution in [3.8, 4) is 11.8 Å². The SMILES string of the molecule is COc1ccccc1CNc1ccc(Cl)c(C#N)c1. The summed E-state index contributed by atoms with van der Waals surface area (Å²) in [5.41, 5.74) is 2.37. The van der Waals surface area contributed by atoms with E-state index in [2.05, 4.69) is 11.4 Å². The molecule has 96 valence electrons. The number of anilines is 1. The van der Waals surface area contributed by atoms with Crippen molar-refractivity contribution in [2.75, 3.05) is 12.4 Å². The van der Waals surface area contributed by atoms with E-state index in [1.165, 1.54) is 0 Å². The highest BCUT2D eigenvalue weighted by molar-refractivity contribution is 6.31. The summed E-state index contributed by atoms with van der Waals surface area (Å²) in [4.78, 5) is 0. The van der Waals surface area contributed by atoms with E-state index in [4.69, 9.17) is 21.6 Å². The van der Waals surface area contributed by atoms with Crippen LogP contribution in [0.15, 0.2) is 42.5 Å². The number of nitriles is 1. The van der Waals surface area contributed by atoms with E-state index >= 15 is 0 Å². The Morgan fingerprint density at radius 1 is 1.26 bits per heavy atom. The molecule has 0 bridgehead atoms. The summed E-state index contributed by atoms with van der Waals surface area (Å²) in [6, 6.07) is 15.2. The number of methoxy groups -OCH3 is 1. The van der Waals surface area contributed by atoms with Crippen LogP contribution in [-0.4, -0.2) is 7.11 Å². The molecule has 3 nitrogen and oxygen atoms in total. The summed E-state index contributed by atoms with van der Waals surface area (Å²) in [6.07, 6.45) is 0. The van der Waals surface area contributed by atoms with E-state index in [1.54, 1.807) is 19.2 Å². The highest BCUT2D eigenvalue weighted by Gasteiger charge is 2.03. The first kappa shape index (κ1) is 13.3. The normalized spacial score (nSPS) is 9.74. The van der Waals surface area contributed by atoms with Crippen molar-refractivity contribution in [3.05, 3.63) is 58.6 Å². The smallest absolute Gasteiger partial charge is 0.123 e. The van der Waals surface area contributed by atoms with Crippen molar-refractivity contribution >= 4 is 17.3 Å². The molecule has 0 spiro atoms. The van der Waals surface area contributed by atoms with Gasteiger partial charge in [0.05, 0.1) is 17.7 Å².